The predicted molar refractivity (Wildman–Crippen MR) is 103 cm³/mol. The summed E-state index contributed by atoms with van der Waals surface area (Å²) in [5.41, 5.74) is -0.351. The number of halogens is 5. The van der Waals surface area contributed by atoms with Crippen LogP contribution in [0, 0.1) is 12.7 Å². The van der Waals surface area contributed by atoms with Gasteiger partial charge in [0.1, 0.15) is 6.54 Å². The molecule has 3 rings (SSSR count). The van der Waals surface area contributed by atoms with Gasteiger partial charge < -0.3 is 14.5 Å². The summed E-state index contributed by atoms with van der Waals surface area (Å²) in [6, 6.07) is 4.33. The fourth-order valence-corrected chi connectivity index (χ4v) is 3.73. The topological polar surface area (TPSA) is 50.6 Å². The molecular formula is C19H21ClF4N4O2. The third kappa shape index (κ3) is 4.33. The number of carbonyl (C=O) groups is 1. The van der Waals surface area contributed by atoms with Crippen LogP contribution in [0.2, 0.25) is 5.02 Å². The molecule has 1 saturated heterocycles. The van der Waals surface area contributed by atoms with Crippen molar-refractivity contribution >= 4 is 23.2 Å². The Morgan fingerprint density at radius 3 is 2.60 bits per heavy atom. The lowest BCUT2D eigenvalue weighted by atomic mass is 10.1. The Labute approximate surface area is 175 Å². The van der Waals surface area contributed by atoms with E-state index < -0.39 is 22.7 Å². The molecule has 11 heteroatoms. The zero-order chi connectivity index (χ0) is 22.2. The van der Waals surface area contributed by atoms with Crippen LogP contribution in [-0.2, 0) is 17.5 Å². The summed E-state index contributed by atoms with van der Waals surface area (Å²) in [7, 11) is 1.38. The summed E-state index contributed by atoms with van der Waals surface area (Å²) in [6.45, 7) is 4.22. The highest BCUT2D eigenvalue weighted by Crippen LogP contribution is 2.35. The summed E-state index contributed by atoms with van der Waals surface area (Å²) in [5, 5.41) is 2.98. The monoisotopic (exact) mass is 448 g/mol. The summed E-state index contributed by atoms with van der Waals surface area (Å²) in [4.78, 5) is 16.3. The van der Waals surface area contributed by atoms with E-state index in [9.17, 15) is 22.4 Å². The number of anilines is 1. The van der Waals surface area contributed by atoms with E-state index in [1.807, 2.05) is 11.8 Å². The Morgan fingerprint density at radius 2 is 2.03 bits per heavy atom. The number of piperazine rings is 1. The first-order valence-electron chi connectivity index (χ1n) is 9.21. The highest BCUT2D eigenvalue weighted by molar-refractivity contribution is 6.32. The van der Waals surface area contributed by atoms with E-state index in [-0.39, 0.29) is 29.9 Å². The van der Waals surface area contributed by atoms with Crippen LogP contribution in [0.25, 0.3) is 0 Å². The fourth-order valence-electron chi connectivity index (χ4n) is 3.49. The van der Waals surface area contributed by atoms with Crippen molar-refractivity contribution in [2.75, 3.05) is 31.6 Å². The van der Waals surface area contributed by atoms with Gasteiger partial charge in [-0.3, -0.25) is 9.48 Å². The minimum Gasteiger partial charge on any atom is -0.494 e. The minimum atomic E-state index is -4.69. The van der Waals surface area contributed by atoms with Crippen molar-refractivity contribution in [3.63, 3.8) is 0 Å². The van der Waals surface area contributed by atoms with E-state index in [1.54, 1.807) is 17.0 Å². The molecule has 1 aliphatic rings. The van der Waals surface area contributed by atoms with Crippen LogP contribution in [0.4, 0.5) is 23.2 Å². The summed E-state index contributed by atoms with van der Waals surface area (Å²) >= 11 is 5.75. The number of aromatic nitrogens is 2. The molecule has 0 saturated carbocycles. The van der Waals surface area contributed by atoms with E-state index >= 15 is 0 Å². The molecule has 0 unspecified atom stereocenters. The molecule has 30 heavy (non-hydrogen) atoms. The lowest BCUT2D eigenvalue weighted by molar-refractivity contribution is -0.142. The number of hydrogen-bond donors (Lipinski definition) is 0. The highest BCUT2D eigenvalue weighted by atomic mass is 35.5. The second-order valence-corrected chi connectivity index (χ2v) is 7.48. The molecule has 2 heterocycles. The van der Waals surface area contributed by atoms with Gasteiger partial charge in [-0.15, -0.1) is 0 Å². The predicted octanol–water partition coefficient (Wildman–Crippen LogP) is 3.75. The third-order valence-electron chi connectivity index (χ3n) is 5.13. The number of methoxy groups -OCH3 is 1. The Balaban J connectivity index is 1.70. The smallest absolute Gasteiger partial charge is 0.436 e. The maximum Gasteiger partial charge on any atom is 0.436 e. The molecule has 164 valence electrons. The molecule has 1 aromatic heterocycles. The summed E-state index contributed by atoms with van der Waals surface area (Å²) in [6.07, 6.45) is -4.69. The number of ether oxygens (including phenoxy) is 1. The van der Waals surface area contributed by atoms with Gasteiger partial charge >= 0.3 is 6.18 Å². The molecule has 1 fully saturated rings. The van der Waals surface area contributed by atoms with Crippen molar-refractivity contribution in [3.8, 4) is 5.75 Å². The first-order valence-corrected chi connectivity index (χ1v) is 9.58. The van der Waals surface area contributed by atoms with Crippen molar-refractivity contribution in [3.05, 3.63) is 40.4 Å². The summed E-state index contributed by atoms with van der Waals surface area (Å²) < 4.78 is 58.6. The molecule has 6 nitrogen and oxygen atoms in total. The van der Waals surface area contributed by atoms with Gasteiger partial charge in [0.2, 0.25) is 5.91 Å². The van der Waals surface area contributed by atoms with Crippen LogP contribution in [-0.4, -0.2) is 53.4 Å². The normalized spacial score (nSPS) is 17.4. The molecule has 1 aromatic carbocycles. The Kier molecular flexibility index (Phi) is 6.16. The molecule has 0 spiro atoms. The van der Waals surface area contributed by atoms with Crippen LogP contribution in [0.3, 0.4) is 0 Å². The van der Waals surface area contributed by atoms with Crippen molar-refractivity contribution < 1.29 is 27.1 Å². The molecule has 1 amide bonds. The molecule has 0 aliphatic carbocycles. The van der Waals surface area contributed by atoms with Gasteiger partial charge in [-0.1, -0.05) is 11.6 Å². The number of rotatable bonds is 4. The van der Waals surface area contributed by atoms with Crippen molar-refractivity contribution in [1.82, 2.24) is 14.7 Å². The molecule has 2 aromatic rings. The largest absolute Gasteiger partial charge is 0.494 e. The number of carbonyl (C=O) groups excluding carboxylic acids is 1. The number of alkyl halides is 3. The van der Waals surface area contributed by atoms with Gasteiger partial charge in [0.05, 0.1) is 17.8 Å². The Bertz CT molecular complexity index is 947. The molecule has 0 bridgehead atoms. The quantitative estimate of drug-likeness (QED) is 0.668. The van der Waals surface area contributed by atoms with E-state index in [0.717, 1.165) is 10.4 Å². The van der Waals surface area contributed by atoms with Gasteiger partial charge in [-0.05, 0) is 26.0 Å². The van der Waals surface area contributed by atoms with Crippen LogP contribution in [0.15, 0.2) is 18.2 Å². The molecule has 0 N–H and O–H groups in total. The zero-order valence-corrected chi connectivity index (χ0v) is 17.4. The van der Waals surface area contributed by atoms with Crippen LogP contribution < -0.4 is 9.64 Å². The van der Waals surface area contributed by atoms with Crippen LogP contribution in [0.5, 0.6) is 5.75 Å². The number of nitrogens with zero attached hydrogens (tertiary/aromatic N) is 4. The maximum absolute atomic E-state index is 13.6. The minimum absolute atomic E-state index is 0.0852. The molecule has 1 atom stereocenters. The number of amides is 1. The van der Waals surface area contributed by atoms with E-state index in [1.165, 1.54) is 20.1 Å². The van der Waals surface area contributed by atoms with Crippen molar-refractivity contribution in [2.24, 2.45) is 0 Å². The average Bonchev–Trinajstić information content (AvgIpc) is 2.96. The molecule has 1 aliphatic heterocycles. The zero-order valence-electron chi connectivity index (χ0n) is 16.6. The fraction of sp³-hybridized carbons (Fsp3) is 0.474. The van der Waals surface area contributed by atoms with Gasteiger partial charge in [-0.25, -0.2) is 4.39 Å². The second kappa shape index (κ2) is 8.33. The third-order valence-corrected chi connectivity index (χ3v) is 5.59. The van der Waals surface area contributed by atoms with Crippen LogP contribution >= 0.6 is 11.6 Å². The lowest BCUT2D eigenvalue weighted by Gasteiger charge is -2.41. The maximum atomic E-state index is 13.6. The second-order valence-electron chi connectivity index (χ2n) is 7.10. The van der Waals surface area contributed by atoms with E-state index in [2.05, 4.69) is 5.10 Å². The molecular weight excluding hydrogens is 428 g/mol. The van der Waals surface area contributed by atoms with Crippen LogP contribution in [0.1, 0.15) is 18.3 Å². The highest BCUT2D eigenvalue weighted by Gasteiger charge is 2.38. The van der Waals surface area contributed by atoms with Gasteiger partial charge in [0.25, 0.3) is 0 Å². The Hall–Kier alpha value is -2.49. The number of benzene rings is 1. The van der Waals surface area contributed by atoms with Crippen molar-refractivity contribution in [2.45, 2.75) is 32.6 Å². The lowest BCUT2D eigenvalue weighted by Crippen LogP contribution is -2.54. The van der Waals surface area contributed by atoms with E-state index in [0.29, 0.717) is 19.6 Å². The average molecular weight is 449 g/mol. The Morgan fingerprint density at radius 1 is 1.33 bits per heavy atom. The van der Waals surface area contributed by atoms with Gasteiger partial charge in [0.15, 0.2) is 17.3 Å². The standard InChI is InChI=1S/C19H21ClF4N4O2/c1-11-9-26(13-4-5-14(21)15(8-13)30-3)6-7-27(11)16(29)10-28-12(2)17(20)18(25-28)19(22,23)24/h4-5,8,11H,6-7,9-10H2,1-3H3/t11-/m1/s1. The number of hydrogen-bond acceptors (Lipinski definition) is 4. The van der Waals surface area contributed by atoms with Gasteiger partial charge in [-0.2, -0.15) is 18.3 Å². The van der Waals surface area contributed by atoms with Gasteiger partial charge in [0, 0.05) is 37.4 Å². The van der Waals surface area contributed by atoms with E-state index in [4.69, 9.17) is 16.3 Å². The first kappa shape index (κ1) is 22.2. The van der Waals surface area contributed by atoms with Crippen molar-refractivity contribution in [1.29, 1.82) is 0 Å². The SMILES string of the molecule is COc1cc(N2CCN(C(=O)Cn3nc(C(F)(F)F)c(Cl)c3C)[C@H](C)C2)ccc1F. The molecule has 0 radical (unpaired) electrons. The summed E-state index contributed by atoms with van der Waals surface area (Å²) in [5.74, 6) is -0.686. The first-order chi connectivity index (χ1) is 14.0.